The Balaban J connectivity index is 2.28. The van der Waals surface area contributed by atoms with Gasteiger partial charge in [-0.15, -0.1) is 0 Å². The third-order valence-electron chi connectivity index (χ3n) is 2.90. The van der Waals surface area contributed by atoms with Crippen LogP contribution in [0, 0.1) is 0 Å². The van der Waals surface area contributed by atoms with Gasteiger partial charge in [-0.25, -0.2) is 4.98 Å². The van der Waals surface area contributed by atoms with E-state index < -0.39 is 0 Å². The van der Waals surface area contributed by atoms with Gasteiger partial charge in [0.05, 0.1) is 17.2 Å². The summed E-state index contributed by atoms with van der Waals surface area (Å²) in [5.41, 5.74) is 6.41. The lowest BCUT2D eigenvalue weighted by atomic mass is 10.1. The van der Waals surface area contributed by atoms with Gasteiger partial charge >= 0.3 is 0 Å². The molecule has 0 aliphatic carbocycles. The summed E-state index contributed by atoms with van der Waals surface area (Å²) in [5.74, 6) is 0.811. The Morgan fingerprint density at radius 1 is 1.59 bits per heavy atom. The summed E-state index contributed by atoms with van der Waals surface area (Å²) in [6, 6.07) is 1.86. The number of hydrogen-bond acceptors (Lipinski definition) is 4. The molecular formula is C12H18ClN3O. The molecular weight excluding hydrogens is 238 g/mol. The van der Waals surface area contributed by atoms with E-state index in [1.807, 2.05) is 6.07 Å². The van der Waals surface area contributed by atoms with Crippen molar-refractivity contribution in [3.63, 3.8) is 0 Å². The summed E-state index contributed by atoms with van der Waals surface area (Å²) in [6.07, 6.45) is 1.76. The van der Waals surface area contributed by atoms with Crippen molar-refractivity contribution in [1.29, 1.82) is 0 Å². The molecule has 0 unspecified atom stereocenters. The lowest BCUT2D eigenvalue weighted by Gasteiger charge is -2.39. The lowest BCUT2D eigenvalue weighted by molar-refractivity contribution is -0.0279. The van der Waals surface area contributed by atoms with Gasteiger partial charge in [0.1, 0.15) is 5.82 Å². The molecule has 0 saturated carbocycles. The number of pyridine rings is 1. The molecule has 5 heteroatoms. The van der Waals surface area contributed by atoms with Gasteiger partial charge in [-0.2, -0.15) is 0 Å². The topological polar surface area (TPSA) is 51.4 Å². The molecule has 0 atom stereocenters. The zero-order chi connectivity index (χ0) is 12.5. The van der Waals surface area contributed by atoms with Gasteiger partial charge in [-0.1, -0.05) is 11.6 Å². The molecule has 1 aliphatic heterocycles. The second kappa shape index (κ2) is 4.80. The summed E-state index contributed by atoms with van der Waals surface area (Å²) < 4.78 is 5.68. The number of aromatic nitrogens is 1. The minimum absolute atomic E-state index is 0.165. The molecule has 0 radical (unpaired) electrons. The van der Waals surface area contributed by atoms with Crippen molar-refractivity contribution < 1.29 is 4.74 Å². The first-order valence-electron chi connectivity index (χ1n) is 5.76. The van der Waals surface area contributed by atoms with E-state index in [-0.39, 0.29) is 5.60 Å². The second-order valence-electron chi connectivity index (χ2n) is 4.84. The Kier molecular flexibility index (Phi) is 3.56. The molecule has 2 rings (SSSR count). The maximum Gasteiger partial charge on any atom is 0.147 e. The Morgan fingerprint density at radius 2 is 2.35 bits per heavy atom. The van der Waals surface area contributed by atoms with Crippen LogP contribution >= 0.6 is 11.6 Å². The van der Waals surface area contributed by atoms with Crippen LogP contribution in [0.5, 0.6) is 0 Å². The maximum absolute atomic E-state index is 6.31. The van der Waals surface area contributed by atoms with E-state index in [4.69, 9.17) is 22.1 Å². The molecule has 1 aromatic heterocycles. The molecule has 0 amide bonds. The number of ether oxygens (including phenoxy) is 1. The smallest absolute Gasteiger partial charge is 0.147 e. The minimum atomic E-state index is -0.165. The van der Waals surface area contributed by atoms with Crippen LogP contribution in [0.2, 0.25) is 5.02 Å². The average Bonchev–Trinajstić information content (AvgIpc) is 2.28. The van der Waals surface area contributed by atoms with E-state index in [1.54, 1.807) is 6.20 Å². The average molecular weight is 256 g/mol. The summed E-state index contributed by atoms with van der Waals surface area (Å²) in [6.45, 7) is 6.86. The fourth-order valence-electron chi connectivity index (χ4n) is 2.05. The first kappa shape index (κ1) is 12.6. The molecule has 0 spiro atoms. The third-order valence-corrected chi connectivity index (χ3v) is 3.31. The number of nitrogens with zero attached hydrogens (tertiary/aromatic N) is 2. The number of anilines is 1. The molecule has 1 aromatic rings. The summed E-state index contributed by atoms with van der Waals surface area (Å²) in [5, 5.41) is 0.660. The van der Waals surface area contributed by atoms with Gasteiger partial charge in [0.2, 0.25) is 0 Å². The van der Waals surface area contributed by atoms with Gasteiger partial charge in [0, 0.05) is 25.8 Å². The maximum atomic E-state index is 6.31. The van der Waals surface area contributed by atoms with E-state index >= 15 is 0 Å². The molecule has 17 heavy (non-hydrogen) atoms. The first-order chi connectivity index (χ1) is 8.03. The van der Waals surface area contributed by atoms with E-state index in [2.05, 4.69) is 23.7 Å². The van der Waals surface area contributed by atoms with Gasteiger partial charge in [0.25, 0.3) is 0 Å². The van der Waals surface area contributed by atoms with Crippen LogP contribution in [-0.2, 0) is 11.3 Å². The van der Waals surface area contributed by atoms with Gasteiger partial charge in [0.15, 0.2) is 0 Å². The molecule has 2 N–H and O–H groups in total. The van der Waals surface area contributed by atoms with Crippen LogP contribution in [-0.4, -0.2) is 30.3 Å². The van der Waals surface area contributed by atoms with Crippen LogP contribution < -0.4 is 10.6 Å². The highest BCUT2D eigenvalue weighted by Gasteiger charge is 2.29. The van der Waals surface area contributed by atoms with Crippen LogP contribution in [0.1, 0.15) is 19.4 Å². The van der Waals surface area contributed by atoms with E-state index in [1.165, 1.54) is 0 Å². The summed E-state index contributed by atoms with van der Waals surface area (Å²) in [7, 11) is 0. The van der Waals surface area contributed by atoms with Crippen molar-refractivity contribution in [2.45, 2.75) is 26.0 Å². The Hall–Kier alpha value is -0.840. The van der Waals surface area contributed by atoms with E-state index in [9.17, 15) is 0 Å². The van der Waals surface area contributed by atoms with Crippen LogP contribution in [0.4, 0.5) is 5.82 Å². The van der Waals surface area contributed by atoms with Gasteiger partial charge < -0.3 is 15.4 Å². The second-order valence-corrected chi connectivity index (χ2v) is 5.22. The highest BCUT2D eigenvalue weighted by atomic mass is 35.5. The fourth-order valence-corrected chi connectivity index (χ4v) is 2.36. The molecule has 1 aliphatic rings. The number of hydrogen-bond donors (Lipinski definition) is 1. The standard InChI is InChI=1S/C12H18ClN3O/c1-12(2)8-16(5-6-17-12)11-10(13)9(7-14)3-4-15-11/h3-4H,5-8,14H2,1-2H3. The van der Waals surface area contributed by atoms with Gasteiger partial charge in [-0.3, -0.25) is 0 Å². The first-order valence-corrected chi connectivity index (χ1v) is 6.13. The molecule has 1 saturated heterocycles. The zero-order valence-electron chi connectivity index (χ0n) is 10.2. The van der Waals surface area contributed by atoms with E-state index in [0.717, 1.165) is 24.5 Å². The largest absolute Gasteiger partial charge is 0.372 e. The van der Waals surface area contributed by atoms with E-state index in [0.29, 0.717) is 18.2 Å². The molecule has 4 nitrogen and oxygen atoms in total. The van der Waals surface area contributed by atoms with Crippen LogP contribution in [0.15, 0.2) is 12.3 Å². The molecule has 1 fully saturated rings. The monoisotopic (exact) mass is 255 g/mol. The van der Waals surface area contributed by atoms with Crippen LogP contribution in [0.3, 0.4) is 0 Å². The predicted molar refractivity (Wildman–Crippen MR) is 69.4 cm³/mol. The normalized spacial score (nSPS) is 19.4. The lowest BCUT2D eigenvalue weighted by Crippen LogP contribution is -2.48. The van der Waals surface area contributed by atoms with Crippen LogP contribution in [0.25, 0.3) is 0 Å². The van der Waals surface area contributed by atoms with Crippen molar-refractivity contribution >= 4 is 17.4 Å². The zero-order valence-corrected chi connectivity index (χ0v) is 11.0. The third kappa shape index (κ3) is 2.70. The summed E-state index contributed by atoms with van der Waals surface area (Å²) in [4.78, 5) is 6.52. The number of nitrogens with two attached hydrogens (primary N) is 1. The van der Waals surface area contributed by atoms with Crippen molar-refractivity contribution in [3.05, 3.63) is 22.8 Å². The number of morpholine rings is 1. The van der Waals surface area contributed by atoms with Crippen molar-refractivity contribution in [2.24, 2.45) is 5.73 Å². The quantitative estimate of drug-likeness (QED) is 0.876. The molecule has 94 valence electrons. The van der Waals surface area contributed by atoms with Crippen molar-refractivity contribution in [3.8, 4) is 0 Å². The van der Waals surface area contributed by atoms with Gasteiger partial charge in [-0.05, 0) is 25.5 Å². The highest BCUT2D eigenvalue weighted by molar-refractivity contribution is 6.33. The number of rotatable bonds is 2. The Morgan fingerprint density at radius 3 is 3.00 bits per heavy atom. The fraction of sp³-hybridized carbons (Fsp3) is 0.583. The summed E-state index contributed by atoms with van der Waals surface area (Å²) >= 11 is 6.31. The molecule has 0 bridgehead atoms. The predicted octanol–water partition coefficient (Wildman–Crippen LogP) is 1.81. The SMILES string of the molecule is CC1(C)CN(c2nccc(CN)c2Cl)CCO1. The molecule has 2 heterocycles. The van der Waals surface area contributed by atoms with Crippen molar-refractivity contribution in [1.82, 2.24) is 4.98 Å². The minimum Gasteiger partial charge on any atom is -0.372 e. The Bertz CT molecular complexity index is 409. The highest BCUT2D eigenvalue weighted by Crippen LogP contribution is 2.29. The Labute approximate surface area is 107 Å². The molecule has 0 aromatic carbocycles. The number of halogens is 1. The van der Waals surface area contributed by atoms with Crippen molar-refractivity contribution in [2.75, 3.05) is 24.6 Å².